The monoisotopic (exact) mass is 320 g/mol. The Balaban J connectivity index is 1.88. The molecule has 5 nitrogen and oxygen atoms in total. The minimum absolute atomic E-state index is 0.0335. The predicted molar refractivity (Wildman–Crippen MR) is 90.8 cm³/mol. The van der Waals surface area contributed by atoms with Crippen molar-refractivity contribution in [2.45, 2.75) is 39.2 Å². The molecular formula is C18H28N2O3. The molecule has 1 saturated heterocycles. The summed E-state index contributed by atoms with van der Waals surface area (Å²) in [5.74, 6) is -0.373. The van der Waals surface area contributed by atoms with Gasteiger partial charge in [-0.3, -0.25) is 9.69 Å². The van der Waals surface area contributed by atoms with Crippen molar-refractivity contribution < 1.29 is 15.0 Å². The third-order valence-corrected chi connectivity index (χ3v) is 4.45. The Morgan fingerprint density at radius 3 is 2.26 bits per heavy atom. The van der Waals surface area contributed by atoms with E-state index >= 15 is 0 Å². The summed E-state index contributed by atoms with van der Waals surface area (Å²) in [5.41, 5.74) is 2.13. The molecule has 128 valence electrons. The normalized spacial score (nSPS) is 17.3. The van der Waals surface area contributed by atoms with Gasteiger partial charge in [-0.25, -0.2) is 0 Å². The van der Waals surface area contributed by atoms with Crippen LogP contribution in [0.5, 0.6) is 5.75 Å². The number of carboxylic acids is 1. The summed E-state index contributed by atoms with van der Waals surface area (Å²) in [6.45, 7) is 11.3. The van der Waals surface area contributed by atoms with Gasteiger partial charge in [-0.2, -0.15) is 0 Å². The largest absolute Gasteiger partial charge is 0.508 e. The topological polar surface area (TPSA) is 64.0 Å². The number of piperazine rings is 1. The summed E-state index contributed by atoms with van der Waals surface area (Å²) in [5, 5.41) is 19.0. The Bertz CT molecular complexity index is 544. The van der Waals surface area contributed by atoms with Gasteiger partial charge in [-0.1, -0.05) is 32.9 Å². The van der Waals surface area contributed by atoms with Crippen LogP contribution in [0.25, 0.3) is 0 Å². The van der Waals surface area contributed by atoms with E-state index < -0.39 is 5.97 Å². The first kappa shape index (κ1) is 17.8. The number of carboxylic acid groups (broad SMARTS) is 1. The minimum Gasteiger partial charge on any atom is -0.508 e. The van der Waals surface area contributed by atoms with Gasteiger partial charge < -0.3 is 15.1 Å². The zero-order chi connectivity index (χ0) is 17.0. The van der Waals surface area contributed by atoms with Crippen LogP contribution in [0.15, 0.2) is 18.2 Å². The van der Waals surface area contributed by atoms with Crippen LogP contribution in [0.3, 0.4) is 0 Å². The van der Waals surface area contributed by atoms with Gasteiger partial charge in [0.15, 0.2) is 0 Å². The summed E-state index contributed by atoms with van der Waals surface area (Å²) in [6.07, 6.45) is 0.203. The number of hydrogen-bond donors (Lipinski definition) is 2. The van der Waals surface area contributed by atoms with Gasteiger partial charge in [0.25, 0.3) is 0 Å². The molecule has 0 aliphatic carbocycles. The van der Waals surface area contributed by atoms with E-state index in [2.05, 4.69) is 36.6 Å². The number of phenolic OH excluding ortho intramolecular Hbond substituents is 1. The van der Waals surface area contributed by atoms with Gasteiger partial charge in [0.1, 0.15) is 5.75 Å². The predicted octanol–water partition coefficient (Wildman–Crippen LogP) is 2.28. The van der Waals surface area contributed by atoms with Crippen LogP contribution in [-0.4, -0.2) is 58.7 Å². The highest BCUT2D eigenvalue weighted by Crippen LogP contribution is 2.28. The molecule has 0 atom stereocenters. The molecule has 1 heterocycles. The first-order chi connectivity index (χ1) is 10.8. The molecule has 0 unspecified atom stereocenters. The molecule has 2 N–H and O–H groups in total. The Morgan fingerprint density at radius 2 is 1.74 bits per heavy atom. The number of nitrogens with zero attached hydrogens (tertiary/aromatic N) is 2. The Labute approximate surface area is 138 Å². The molecule has 1 aliphatic rings. The van der Waals surface area contributed by atoms with Crippen molar-refractivity contribution in [1.82, 2.24) is 9.80 Å². The molecule has 1 fully saturated rings. The smallest absolute Gasteiger partial charge is 0.304 e. The van der Waals surface area contributed by atoms with E-state index in [1.165, 1.54) is 0 Å². The van der Waals surface area contributed by atoms with Gasteiger partial charge in [0.2, 0.25) is 0 Å². The number of rotatable bonds is 5. The Hall–Kier alpha value is -1.59. The Kier molecular flexibility index (Phi) is 5.65. The summed E-state index contributed by atoms with van der Waals surface area (Å²) >= 11 is 0. The van der Waals surface area contributed by atoms with Crippen LogP contribution < -0.4 is 0 Å². The fraction of sp³-hybridized carbons (Fsp3) is 0.611. The van der Waals surface area contributed by atoms with Crippen molar-refractivity contribution in [3.63, 3.8) is 0 Å². The first-order valence-corrected chi connectivity index (χ1v) is 8.24. The van der Waals surface area contributed by atoms with Crippen molar-refractivity contribution in [1.29, 1.82) is 0 Å². The first-order valence-electron chi connectivity index (χ1n) is 8.24. The lowest BCUT2D eigenvalue weighted by atomic mass is 9.86. The van der Waals surface area contributed by atoms with Gasteiger partial charge in [-0.05, 0) is 17.0 Å². The number of hydrogen-bond acceptors (Lipinski definition) is 4. The second kappa shape index (κ2) is 7.32. The number of phenols is 1. The van der Waals surface area contributed by atoms with Gasteiger partial charge in [0, 0.05) is 44.8 Å². The van der Waals surface area contributed by atoms with Gasteiger partial charge >= 0.3 is 5.97 Å². The summed E-state index contributed by atoms with van der Waals surface area (Å²) in [7, 11) is 0. The van der Waals surface area contributed by atoms with E-state index in [0.717, 1.165) is 43.9 Å². The number of aromatic hydroxyl groups is 1. The van der Waals surface area contributed by atoms with E-state index in [0.29, 0.717) is 12.3 Å². The Morgan fingerprint density at radius 1 is 1.13 bits per heavy atom. The maximum absolute atomic E-state index is 10.6. The van der Waals surface area contributed by atoms with Crippen molar-refractivity contribution >= 4 is 5.97 Å². The van der Waals surface area contributed by atoms with Crippen molar-refractivity contribution in [2.24, 2.45) is 0 Å². The van der Waals surface area contributed by atoms with E-state index in [-0.39, 0.29) is 11.8 Å². The second-order valence-electron chi connectivity index (χ2n) is 7.36. The van der Waals surface area contributed by atoms with Gasteiger partial charge in [0.05, 0.1) is 6.42 Å². The molecular weight excluding hydrogens is 292 g/mol. The highest BCUT2D eigenvalue weighted by Gasteiger charge is 2.20. The SMILES string of the molecule is CC(C)(C)c1ccc(CN2CCN(CCC(=O)O)CC2)c(O)c1. The van der Waals surface area contributed by atoms with Crippen molar-refractivity contribution in [3.05, 3.63) is 29.3 Å². The fourth-order valence-corrected chi connectivity index (χ4v) is 2.83. The number of carbonyl (C=O) groups is 1. The molecule has 5 heteroatoms. The molecule has 1 aromatic carbocycles. The van der Waals surface area contributed by atoms with Crippen molar-refractivity contribution in [3.8, 4) is 5.75 Å². The van der Waals surface area contributed by atoms with Crippen LogP contribution in [0, 0.1) is 0 Å². The standard InChI is InChI=1S/C18H28N2O3/c1-18(2,3)15-5-4-14(16(21)12-15)13-20-10-8-19(9-11-20)7-6-17(22)23/h4-5,12,21H,6-11,13H2,1-3H3,(H,22,23). The third kappa shape index (κ3) is 5.22. The third-order valence-electron chi connectivity index (χ3n) is 4.45. The number of benzene rings is 1. The van der Waals surface area contributed by atoms with E-state index in [1.54, 1.807) is 0 Å². The highest BCUT2D eigenvalue weighted by atomic mass is 16.4. The van der Waals surface area contributed by atoms with Crippen LogP contribution >= 0.6 is 0 Å². The lowest BCUT2D eigenvalue weighted by molar-refractivity contribution is -0.137. The second-order valence-corrected chi connectivity index (χ2v) is 7.36. The van der Waals surface area contributed by atoms with Crippen LogP contribution in [-0.2, 0) is 16.8 Å². The molecule has 0 aromatic heterocycles. The van der Waals surface area contributed by atoms with Gasteiger partial charge in [-0.15, -0.1) is 0 Å². The molecule has 1 aromatic rings. The van der Waals surface area contributed by atoms with E-state index in [4.69, 9.17) is 5.11 Å². The maximum Gasteiger partial charge on any atom is 0.304 e. The molecule has 0 amide bonds. The molecule has 0 spiro atoms. The van der Waals surface area contributed by atoms with Crippen LogP contribution in [0.4, 0.5) is 0 Å². The lowest BCUT2D eigenvalue weighted by Crippen LogP contribution is -2.46. The van der Waals surface area contributed by atoms with Crippen molar-refractivity contribution in [2.75, 3.05) is 32.7 Å². The minimum atomic E-state index is -0.740. The summed E-state index contributed by atoms with van der Waals surface area (Å²) in [4.78, 5) is 15.1. The molecule has 0 bridgehead atoms. The van der Waals surface area contributed by atoms with Crippen LogP contribution in [0.2, 0.25) is 0 Å². The average Bonchev–Trinajstić information content (AvgIpc) is 2.47. The maximum atomic E-state index is 10.6. The highest BCUT2D eigenvalue weighted by molar-refractivity contribution is 5.66. The summed E-state index contributed by atoms with van der Waals surface area (Å²) < 4.78 is 0. The molecule has 1 aliphatic heterocycles. The quantitative estimate of drug-likeness (QED) is 0.871. The molecule has 2 rings (SSSR count). The van der Waals surface area contributed by atoms with Crippen LogP contribution in [0.1, 0.15) is 38.3 Å². The molecule has 23 heavy (non-hydrogen) atoms. The average molecular weight is 320 g/mol. The molecule has 0 radical (unpaired) electrons. The lowest BCUT2D eigenvalue weighted by Gasteiger charge is -2.34. The zero-order valence-electron chi connectivity index (χ0n) is 14.4. The van der Waals surface area contributed by atoms with E-state index in [1.807, 2.05) is 12.1 Å². The fourth-order valence-electron chi connectivity index (χ4n) is 2.83. The molecule has 0 saturated carbocycles. The number of aliphatic carboxylic acids is 1. The zero-order valence-corrected chi connectivity index (χ0v) is 14.4. The van der Waals surface area contributed by atoms with E-state index in [9.17, 15) is 9.90 Å². The summed E-state index contributed by atoms with van der Waals surface area (Å²) in [6, 6.07) is 5.99.